The van der Waals surface area contributed by atoms with Crippen molar-refractivity contribution in [2.45, 2.75) is 60.8 Å². The van der Waals surface area contributed by atoms with Crippen molar-refractivity contribution in [2.75, 3.05) is 25.3 Å². The van der Waals surface area contributed by atoms with Gasteiger partial charge in [-0.05, 0) is 64.0 Å². The minimum Gasteiger partial charge on any atom is -0.494 e. The molecule has 214 valence electrons. The number of hydrogen-bond donors (Lipinski definition) is 2. The molecule has 0 unspecified atom stereocenters. The number of Topliss-reactive ketones (excluding diaryl/α,β-unsaturated/α-hetero) is 1. The van der Waals surface area contributed by atoms with Crippen LogP contribution in [0.2, 0.25) is 0 Å². The number of ketones is 1. The largest absolute Gasteiger partial charge is 0.494 e. The molecule has 0 aliphatic heterocycles. The van der Waals surface area contributed by atoms with Gasteiger partial charge < -0.3 is 24.7 Å². The zero-order valence-corrected chi connectivity index (χ0v) is 25.9. The van der Waals surface area contributed by atoms with Crippen LogP contribution in [-0.4, -0.2) is 42.1 Å². The Kier molecular flexibility index (Phi) is 22.4. The van der Waals surface area contributed by atoms with Crippen LogP contribution in [0.3, 0.4) is 0 Å². The van der Waals surface area contributed by atoms with Gasteiger partial charge in [0, 0.05) is 28.7 Å². The summed E-state index contributed by atoms with van der Waals surface area (Å²) in [5, 5.41) is 9.94. The van der Waals surface area contributed by atoms with Crippen LogP contribution in [0.15, 0.2) is 71.9 Å². The lowest BCUT2D eigenvalue weighted by molar-refractivity contribution is -0.117. The minimum absolute atomic E-state index is 0.0641. The number of thioether (sulfide) groups is 2. The standard InChI is InChI=1S/C27H39NO4S2.C2H4.CH4O/c1-8-24(27(5,6)7)32-21(4)18-33-25(9-2)34-19-28-26(30)22-13-15-23(16-14-22)31-17-11-10-12-20(3)29;2*1-2/h8-9,13-16H,4,10-12,17-19H2,1-3,5-7H3,(H,28,30);1-2H2;2H,1H3/b24-8-,25-9-;;. The molecule has 0 saturated heterocycles. The number of nitrogens with one attached hydrogen (secondary N) is 1. The van der Waals surface area contributed by atoms with Gasteiger partial charge in [0.1, 0.15) is 23.1 Å². The van der Waals surface area contributed by atoms with Gasteiger partial charge in [0.25, 0.3) is 5.91 Å². The predicted octanol–water partition coefficient (Wildman–Crippen LogP) is 7.73. The molecule has 0 spiro atoms. The smallest absolute Gasteiger partial charge is 0.251 e. The van der Waals surface area contributed by atoms with Crippen molar-refractivity contribution in [3.63, 3.8) is 0 Å². The van der Waals surface area contributed by atoms with Crippen LogP contribution in [0.5, 0.6) is 5.75 Å². The van der Waals surface area contributed by atoms with Gasteiger partial charge in [-0.25, -0.2) is 0 Å². The molecule has 6 nitrogen and oxygen atoms in total. The SMILES string of the molecule is C=C.C=C(CS/C(=C/C)SCNC(=O)c1ccc(OCCCCC(C)=O)cc1)O/C(=C\C)C(C)(C)C.CO. The summed E-state index contributed by atoms with van der Waals surface area (Å²) in [6.45, 7) is 22.5. The third-order valence-electron chi connectivity index (χ3n) is 4.62. The number of aliphatic hydroxyl groups excluding tert-OH is 1. The molecule has 0 radical (unpaired) electrons. The topological polar surface area (TPSA) is 84.9 Å². The lowest BCUT2D eigenvalue weighted by Gasteiger charge is -2.23. The van der Waals surface area contributed by atoms with Crippen LogP contribution >= 0.6 is 23.5 Å². The number of rotatable bonds is 15. The Morgan fingerprint density at radius 2 is 1.63 bits per heavy atom. The highest BCUT2D eigenvalue weighted by atomic mass is 32.2. The van der Waals surface area contributed by atoms with Crippen molar-refractivity contribution < 1.29 is 24.2 Å². The number of aliphatic hydroxyl groups is 1. The molecule has 38 heavy (non-hydrogen) atoms. The molecule has 0 fully saturated rings. The first-order valence-corrected chi connectivity index (χ1v) is 14.4. The van der Waals surface area contributed by atoms with E-state index in [1.54, 1.807) is 54.7 Å². The molecule has 1 rings (SSSR count). The molecule has 0 bridgehead atoms. The first kappa shape index (κ1) is 37.7. The van der Waals surface area contributed by atoms with Gasteiger partial charge in [-0.1, -0.05) is 45.2 Å². The normalized spacial score (nSPS) is 11.3. The van der Waals surface area contributed by atoms with E-state index in [4.69, 9.17) is 14.6 Å². The number of carbonyl (C=O) groups is 2. The van der Waals surface area contributed by atoms with E-state index in [1.165, 1.54) is 0 Å². The quantitative estimate of drug-likeness (QED) is 0.0974. The molecule has 0 aliphatic carbocycles. The summed E-state index contributed by atoms with van der Waals surface area (Å²) in [5.74, 6) is 3.52. The van der Waals surface area contributed by atoms with Crippen LogP contribution in [0.25, 0.3) is 0 Å². The molecule has 2 N–H and O–H groups in total. The second-order valence-electron chi connectivity index (χ2n) is 8.77. The molecule has 0 heterocycles. The monoisotopic (exact) mass is 565 g/mol. The van der Waals surface area contributed by atoms with E-state index in [2.05, 4.69) is 45.8 Å². The van der Waals surface area contributed by atoms with E-state index in [9.17, 15) is 9.59 Å². The maximum Gasteiger partial charge on any atom is 0.251 e. The highest BCUT2D eigenvalue weighted by Gasteiger charge is 2.19. The van der Waals surface area contributed by atoms with Gasteiger partial charge in [0.05, 0.1) is 18.2 Å². The summed E-state index contributed by atoms with van der Waals surface area (Å²) in [6, 6.07) is 7.10. The Morgan fingerprint density at radius 3 is 2.13 bits per heavy atom. The summed E-state index contributed by atoms with van der Waals surface area (Å²) >= 11 is 3.21. The number of ether oxygens (including phenoxy) is 2. The second kappa shape index (κ2) is 22.6. The molecule has 1 aromatic carbocycles. The summed E-state index contributed by atoms with van der Waals surface area (Å²) in [5.41, 5.74) is 0.521. The Bertz CT molecular complexity index is 887. The van der Waals surface area contributed by atoms with E-state index in [-0.39, 0.29) is 17.1 Å². The summed E-state index contributed by atoms with van der Waals surface area (Å²) in [7, 11) is 1.00. The predicted molar refractivity (Wildman–Crippen MR) is 165 cm³/mol. The number of amides is 1. The van der Waals surface area contributed by atoms with Crippen molar-refractivity contribution in [1.29, 1.82) is 0 Å². The Balaban J connectivity index is 0. The lowest BCUT2D eigenvalue weighted by atomic mass is 9.93. The van der Waals surface area contributed by atoms with Crippen molar-refractivity contribution in [3.05, 3.63) is 77.5 Å². The summed E-state index contributed by atoms with van der Waals surface area (Å²) in [6.07, 6.45) is 6.25. The highest BCUT2D eigenvalue weighted by Crippen LogP contribution is 2.32. The Labute approximate surface area is 239 Å². The van der Waals surface area contributed by atoms with E-state index < -0.39 is 0 Å². The molecule has 0 atom stereocenters. The number of hydrogen-bond acceptors (Lipinski definition) is 7. The maximum absolute atomic E-state index is 12.4. The molecule has 1 amide bonds. The van der Waals surface area contributed by atoms with Crippen molar-refractivity contribution in [3.8, 4) is 5.75 Å². The van der Waals surface area contributed by atoms with Crippen LogP contribution < -0.4 is 10.1 Å². The fourth-order valence-electron chi connectivity index (χ4n) is 2.83. The first-order chi connectivity index (χ1) is 18.1. The Morgan fingerprint density at radius 1 is 1.03 bits per heavy atom. The van der Waals surface area contributed by atoms with Crippen LogP contribution in [0, 0.1) is 5.41 Å². The van der Waals surface area contributed by atoms with Gasteiger partial charge in [-0.3, -0.25) is 4.79 Å². The van der Waals surface area contributed by atoms with Gasteiger partial charge in [-0.2, -0.15) is 0 Å². The first-order valence-electron chi connectivity index (χ1n) is 12.5. The van der Waals surface area contributed by atoms with E-state index in [0.29, 0.717) is 36.0 Å². The second-order valence-corrected chi connectivity index (χ2v) is 11.1. The van der Waals surface area contributed by atoms with Crippen LogP contribution in [0.1, 0.15) is 71.2 Å². The van der Waals surface area contributed by atoms with E-state index in [1.807, 2.05) is 26.0 Å². The van der Waals surface area contributed by atoms with Gasteiger partial charge >= 0.3 is 0 Å². The van der Waals surface area contributed by atoms with Crippen LogP contribution in [-0.2, 0) is 9.53 Å². The lowest BCUT2D eigenvalue weighted by Crippen LogP contribution is -2.22. The zero-order chi connectivity index (χ0) is 29.6. The van der Waals surface area contributed by atoms with Crippen molar-refractivity contribution in [1.82, 2.24) is 5.32 Å². The molecule has 0 aliphatic rings. The number of unbranched alkanes of at least 4 members (excludes halogenated alkanes) is 1. The maximum atomic E-state index is 12.4. The van der Waals surface area contributed by atoms with Crippen LogP contribution in [0.4, 0.5) is 0 Å². The third-order valence-corrected chi connectivity index (χ3v) is 7.12. The van der Waals surface area contributed by atoms with Gasteiger partial charge in [0.2, 0.25) is 0 Å². The average molecular weight is 566 g/mol. The third kappa shape index (κ3) is 17.9. The van der Waals surface area contributed by atoms with E-state index >= 15 is 0 Å². The number of carbonyl (C=O) groups excluding carboxylic acids is 2. The molecular weight excluding hydrogens is 518 g/mol. The summed E-state index contributed by atoms with van der Waals surface area (Å²) in [4.78, 5) is 23.4. The molecule has 8 heteroatoms. The zero-order valence-electron chi connectivity index (χ0n) is 24.2. The van der Waals surface area contributed by atoms with Gasteiger partial charge in [-0.15, -0.1) is 24.9 Å². The average Bonchev–Trinajstić information content (AvgIpc) is 2.90. The van der Waals surface area contributed by atoms with Crippen molar-refractivity contribution in [2.24, 2.45) is 5.41 Å². The van der Waals surface area contributed by atoms with Crippen molar-refractivity contribution >= 4 is 35.2 Å². The van der Waals surface area contributed by atoms with Gasteiger partial charge in [0.15, 0.2) is 0 Å². The number of benzene rings is 1. The van der Waals surface area contributed by atoms with E-state index in [0.717, 1.165) is 35.7 Å². The summed E-state index contributed by atoms with van der Waals surface area (Å²) < 4.78 is 12.7. The molecular formula is C30H47NO5S2. The molecule has 0 aromatic heterocycles. The molecule has 1 aromatic rings. The fourth-order valence-corrected chi connectivity index (χ4v) is 4.56. The minimum atomic E-state index is -0.128. The highest BCUT2D eigenvalue weighted by molar-refractivity contribution is 8.22. The Hall–Kier alpha value is -2.42. The fraction of sp³-hybridized carbons (Fsp3) is 0.467. The molecule has 0 saturated carbocycles. The number of allylic oxidation sites excluding steroid dienone is 3.